The normalized spacial score (nSPS) is 14.9. The minimum absolute atomic E-state index is 0.00572. The lowest BCUT2D eigenvalue weighted by atomic mass is 10.2. The summed E-state index contributed by atoms with van der Waals surface area (Å²) in [5.41, 5.74) is 0.852. The molecule has 0 spiro atoms. The highest BCUT2D eigenvalue weighted by molar-refractivity contribution is 6.32. The van der Waals surface area contributed by atoms with Gasteiger partial charge in [-0.1, -0.05) is 23.7 Å². The minimum atomic E-state index is -0.633. The molecule has 2 aromatic rings. The van der Waals surface area contributed by atoms with Crippen LogP contribution in [0, 0.1) is 10.1 Å². The lowest BCUT2D eigenvalue weighted by molar-refractivity contribution is -0.384. The Hall–Kier alpha value is -3.19. The van der Waals surface area contributed by atoms with Gasteiger partial charge in [-0.2, -0.15) is 0 Å². The number of nitrogens with zero attached hydrogens (tertiary/aromatic N) is 2. The van der Waals surface area contributed by atoms with E-state index in [9.17, 15) is 14.9 Å². The van der Waals surface area contributed by atoms with E-state index < -0.39 is 10.9 Å². The Morgan fingerprint density at radius 2 is 2.00 bits per heavy atom. The number of nitro groups is 1. The zero-order valence-corrected chi connectivity index (χ0v) is 14.4. The minimum Gasteiger partial charge on any atom is -0.494 e. The first-order valence-electron chi connectivity index (χ1n) is 7.67. The van der Waals surface area contributed by atoms with Crippen LogP contribution < -0.4 is 4.74 Å². The number of carbonyl (C=O) groups excluding carboxylic acids is 1. The smallest absolute Gasteiger partial charge is 0.363 e. The van der Waals surface area contributed by atoms with E-state index >= 15 is 0 Å². The monoisotopic (exact) mass is 372 g/mol. The van der Waals surface area contributed by atoms with Crippen LogP contribution >= 0.6 is 11.6 Å². The molecule has 26 heavy (non-hydrogen) atoms. The second-order valence-electron chi connectivity index (χ2n) is 5.26. The number of benzene rings is 2. The molecular weight excluding hydrogens is 360 g/mol. The maximum Gasteiger partial charge on any atom is 0.363 e. The summed E-state index contributed by atoms with van der Waals surface area (Å²) in [5.74, 6) is 0.0831. The Morgan fingerprint density at radius 1 is 1.27 bits per heavy atom. The fourth-order valence-corrected chi connectivity index (χ4v) is 2.49. The summed E-state index contributed by atoms with van der Waals surface area (Å²) in [6.45, 7) is 2.45. The van der Waals surface area contributed by atoms with Gasteiger partial charge in [0.1, 0.15) is 10.8 Å². The molecule has 0 amide bonds. The van der Waals surface area contributed by atoms with Gasteiger partial charge in [-0.25, -0.2) is 9.79 Å². The Balaban J connectivity index is 1.89. The molecule has 1 aliphatic heterocycles. The molecule has 0 N–H and O–H groups in total. The summed E-state index contributed by atoms with van der Waals surface area (Å²) in [5, 5.41) is 11.0. The standard InChI is InChI=1S/C18H13ClN2O5/c1-2-25-13-6-3-11(4-7-13)9-15-18(22)26-17(20-15)12-5-8-14(19)16(10-12)21(23)24/h3-10H,2H2,1H3. The molecule has 132 valence electrons. The van der Waals surface area contributed by atoms with Crippen molar-refractivity contribution in [2.24, 2.45) is 4.99 Å². The summed E-state index contributed by atoms with van der Waals surface area (Å²) in [6.07, 6.45) is 1.56. The van der Waals surface area contributed by atoms with E-state index in [0.29, 0.717) is 12.2 Å². The maximum atomic E-state index is 12.0. The zero-order valence-electron chi connectivity index (χ0n) is 13.6. The molecule has 2 aromatic carbocycles. The van der Waals surface area contributed by atoms with E-state index in [1.54, 1.807) is 30.3 Å². The number of aliphatic imine (C=N–C) groups is 1. The fraction of sp³-hybridized carbons (Fsp3) is 0.111. The molecule has 3 rings (SSSR count). The molecule has 0 unspecified atom stereocenters. The van der Waals surface area contributed by atoms with Crippen LogP contribution in [0.25, 0.3) is 6.08 Å². The molecule has 0 atom stereocenters. The molecule has 0 aliphatic carbocycles. The second kappa shape index (κ2) is 7.37. The largest absolute Gasteiger partial charge is 0.494 e. The molecule has 0 saturated heterocycles. The van der Waals surface area contributed by atoms with Gasteiger partial charge >= 0.3 is 5.97 Å². The lowest BCUT2D eigenvalue weighted by Gasteiger charge is -2.02. The van der Waals surface area contributed by atoms with Gasteiger partial charge in [0.05, 0.1) is 11.5 Å². The van der Waals surface area contributed by atoms with Crippen LogP contribution in [0.3, 0.4) is 0 Å². The molecule has 7 nitrogen and oxygen atoms in total. The average molecular weight is 373 g/mol. The van der Waals surface area contributed by atoms with E-state index in [-0.39, 0.29) is 22.3 Å². The summed E-state index contributed by atoms with van der Waals surface area (Å²) in [7, 11) is 0. The van der Waals surface area contributed by atoms with Gasteiger partial charge in [-0.05, 0) is 42.8 Å². The fourth-order valence-electron chi connectivity index (χ4n) is 2.30. The van der Waals surface area contributed by atoms with E-state index in [0.717, 1.165) is 11.3 Å². The van der Waals surface area contributed by atoms with Crippen LogP contribution in [0.1, 0.15) is 18.1 Å². The van der Waals surface area contributed by atoms with Crippen molar-refractivity contribution in [2.45, 2.75) is 6.92 Å². The van der Waals surface area contributed by atoms with Crippen molar-refractivity contribution >= 4 is 35.2 Å². The number of hydrogen-bond donors (Lipinski definition) is 0. The number of rotatable bonds is 5. The van der Waals surface area contributed by atoms with E-state index in [1.807, 2.05) is 6.92 Å². The number of esters is 1. The first-order chi connectivity index (χ1) is 12.5. The number of nitro benzene ring substituents is 1. The topological polar surface area (TPSA) is 91.0 Å². The molecule has 0 radical (unpaired) electrons. The summed E-state index contributed by atoms with van der Waals surface area (Å²) in [6, 6.07) is 11.2. The zero-order chi connectivity index (χ0) is 18.7. The van der Waals surface area contributed by atoms with Gasteiger partial charge in [-0.3, -0.25) is 10.1 Å². The number of cyclic esters (lactones) is 1. The van der Waals surface area contributed by atoms with E-state index in [4.69, 9.17) is 21.1 Å². The Morgan fingerprint density at radius 3 is 2.65 bits per heavy atom. The van der Waals surface area contributed by atoms with Gasteiger partial charge in [-0.15, -0.1) is 0 Å². The summed E-state index contributed by atoms with van der Waals surface area (Å²) >= 11 is 5.79. The molecule has 0 saturated carbocycles. The molecule has 1 aliphatic rings. The van der Waals surface area contributed by atoms with Gasteiger partial charge in [0.25, 0.3) is 5.69 Å². The number of ether oxygens (including phenoxy) is 2. The van der Waals surface area contributed by atoms with Crippen LogP contribution in [-0.4, -0.2) is 23.4 Å². The highest BCUT2D eigenvalue weighted by Gasteiger charge is 2.26. The van der Waals surface area contributed by atoms with Crippen molar-refractivity contribution in [2.75, 3.05) is 6.61 Å². The summed E-state index contributed by atoms with van der Waals surface area (Å²) in [4.78, 5) is 26.5. The van der Waals surface area contributed by atoms with E-state index in [2.05, 4.69) is 4.99 Å². The second-order valence-corrected chi connectivity index (χ2v) is 5.67. The quantitative estimate of drug-likeness (QED) is 0.342. The Kier molecular flexibility index (Phi) is 4.99. The van der Waals surface area contributed by atoms with Crippen LogP contribution in [0.15, 0.2) is 53.2 Å². The highest BCUT2D eigenvalue weighted by Crippen LogP contribution is 2.27. The van der Waals surface area contributed by atoms with E-state index in [1.165, 1.54) is 18.2 Å². The SMILES string of the molecule is CCOc1ccc(C=C2N=C(c3ccc(Cl)c([N+](=O)[O-])c3)OC2=O)cc1. The molecule has 0 fully saturated rings. The van der Waals surface area contributed by atoms with Gasteiger partial charge in [0.15, 0.2) is 5.70 Å². The van der Waals surface area contributed by atoms with Crippen LogP contribution in [0.4, 0.5) is 5.69 Å². The van der Waals surface area contributed by atoms with Crippen molar-refractivity contribution in [3.63, 3.8) is 0 Å². The van der Waals surface area contributed by atoms with Crippen molar-refractivity contribution in [1.82, 2.24) is 0 Å². The van der Waals surface area contributed by atoms with Gasteiger partial charge in [0, 0.05) is 11.6 Å². The maximum absolute atomic E-state index is 12.0. The predicted molar refractivity (Wildman–Crippen MR) is 96.3 cm³/mol. The third-order valence-electron chi connectivity index (χ3n) is 3.50. The van der Waals surface area contributed by atoms with Crippen molar-refractivity contribution in [3.05, 3.63) is 74.4 Å². The highest BCUT2D eigenvalue weighted by atomic mass is 35.5. The number of carbonyl (C=O) groups is 1. The predicted octanol–water partition coefficient (Wildman–Crippen LogP) is 3.99. The number of hydrogen-bond acceptors (Lipinski definition) is 6. The Bertz CT molecular complexity index is 935. The first-order valence-corrected chi connectivity index (χ1v) is 8.05. The molecular formula is C18H13ClN2O5. The first kappa shape index (κ1) is 17.6. The third-order valence-corrected chi connectivity index (χ3v) is 3.82. The van der Waals surface area contributed by atoms with Crippen LogP contribution in [0.2, 0.25) is 5.02 Å². The summed E-state index contributed by atoms with van der Waals surface area (Å²) < 4.78 is 10.5. The van der Waals surface area contributed by atoms with Crippen molar-refractivity contribution < 1.29 is 19.2 Å². The number of halogens is 1. The van der Waals surface area contributed by atoms with Crippen LogP contribution in [-0.2, 0) is 9.53 Å². The third kappa shape index (κ3) is 3.73. The van der Waals surface area contributed by atoms with Crippen LogP contribution in [0.5, 0.6) is 5.75 Å². The molecule has 0 aromatic heterocycles. The lowest BCUT2D eigenvalue weighted by Crippen LogP contribution is -2.06. The molecule has 8 heteroatoms. The van der Waals surface area contributed by atoms with Gasteiger partial charge < -0.3 is 9.47 Å². The van der Waals surface area contributed by atoms with Crippen molar-refractivity contribution in [3.8, 4) is 5.75 Å². The molecule has 1 heterocycles. The average Bonchev–Trinajstić information content (AvgIpc) is 2.97. The van der Waals surface area contributed by atoms with Gasteiger partial charge in [0.2, 0.25) is 5.90 Å². The molecule has 0 bridgehead atoms. The Labute approximate surface area is 153 Å². The van der Waals surface area contributed by atoms with Crippen molar-refractivity contribution in [1.29, 1.82) is 0 Å².